The molecule has 3 rings (SSSR count). The van der Waals surface area contributed by atoms with Crippen molar-refractivity contribution in [3.05, 3.63) is 29.8 Å². The molecule has 8 heteroatoms. The molecule has 2 saturated heterocycles. The molecule has 1 N–H and O–H groups in total. The van der Waals surface area contributed by atoms with Gasteiger partial charge in [-0.2, -0.15) is 0 Å². The van der Waals surface area contributed by atoms with E-state index in [0.29, 0.717) is 17.4 Å². The summed E-state index contributed by atoms with van der Waals surface area (Å²) in [4.78, 5) is 14.1. The summed E-state index contributed by atoms with van der Waals surface area (Å²) >= 11 is 0. The largest absolute Gasteiger partial charge is 0.573 e. The summed E-state index contributed by atoms with van der Waals surface area (Å²) in [5.41, 5.74) is 0.690. The van der Waals surface area contributed by atoms with Crippen LogP contribution in [-0.2, 0) is 11.2 Å². The molecular formula is C15H18ClF3N2O2. The lowest BCUT2D eigenvalue weighted by molar-refractivity contribution is -0.274. The number of likely N-dealkylation sites (tertiary alicyclic amines) is 1. The van der Waals surface area contributed by atoms with Gasteiger partial charge in [-0.15, -0.1) is 25.6 Å². The third kappa shape index (κ3) is 4.51. The molecule has 23 heavy (non-hydrogen) atoms. The van der Waals surface area contributed by atoms with Gasteiger partial charge in [-0.1, -0.05) is 12.1 Å². The first-order chi connectivity index (χ1) is 10.4. The normalized spacial score (nSPS) is 23.3. The quantitative estimate of drug-likeness (QED) is 0.909. The number of carbonyl (C=O) groups is 1. The molecular weight excluding hydrogens is 333 g/mol. The predicted octanol–water partition coefficient (Wildman–Crippen LogP) is 2.23. The van der Waals surface area contributed by atoms with Gasteiger partial charge in [-0.3, -0.25) is 4.79 Å². The monoisotopic (exact) mass is 350 g/mol. The topological polar surface area (TPSA) is 41.6 Å². The van der Waals surface area contributed by atoms with E-state index in [1.165, 1.54) is 24.3 Å². The Bertz CT molecular complexity index is 539. The van der Waals surface area contributed by atoms with Gasteiger partial charge in [-0.05, 0) is 29.5 Å². The van der Waals surface area contributed by atoms with E-state index in [0.717, 1.165) is 26.2 Å². The van der Waals surface area contributed by atoms with Crippen LogP contribution in [0.2, 0.25) is 0 Å². The number of benzene rings is 1. The maximum Gasteiger partial charge on any atom is 0.573 e. The van der Waals surface area contributed by atoms with Gasteiger partial charge in [0.05, 0.1) is 6.42 Å². The molecule has 0 bridgehead atoms. The smallest absolute Gasteiger partial charge is 0.406 e. The van der Waals surface area contributed by atoms with Gasteiger partial charge in [0.15, 0.2) is 0 Å². The molecule has 2 aliphatic heterocycles. The first-order valence-electron chi connectivity index (χ1n) is 7.24. The Balaban J connectivity index is 0.00000192. The number of amides is 1. The Kier molecular flexibility index (Phi) is 5.41. The molecule has 2 heterocycles. The van der Waals surface area contributed by atoms with E-state index in [1.54, 1.807) is 0 Å². The van der Waals surface area contributed by atoms with E-state index in [-0.39, 0.29) is 30.5 Å². The van der Waals surface area contributed by atoms with Crippen molar-refractivity contribution >= 4 is 18.3 Å². The maximum absolute atomic E-state index is 12.3. The summed E-state index contributed by atoms with van der Waals surface area (Å²) in [6, 6.07) is 5.46. The van der Waals surface area contributed by atoms with Crippen molar-refractivity contribution in [3.63, 3.8) is 0 Å². The molecule has 0 unspecified atom stereocenters. The van der Waals surface area contributed by atoms with Crippen molar-refractivity contribution in [2.75, 3.05) is 26.2 Å². The lowest BCUT2D eigenvalue weighted by atomic mass is 10.0. The minimum Gasteiger partial charge on any atom is -0.406 e. The molecule has 1 amide bonds. The second-order valence-electron chi connectivity index (χ2n) is 5.85. The second-order valence-corrected chi connectivity index (χ2v) is 5.85. The summed E-state index contributed by atoms with van der Waals surface area (Å²) < 4.78 is 40.1. The van der Waals surface area contributed by atoms with E-state index in [9.17, 15) is 18.0 Å². The van der Waals surface area contributed by atoms with E-state index in [2.05, 4.69) is 10.1 Å². The zero-order chi connectivity index (χ0) is 15.7. The van der Waals surface area contributed by atoms with Gasteiger partial charge in [-0.25, -0.2) is 0 Å². The van der Waals surface area contributed by atoms with Gasteiger partial charge >= 0.3 is 6.36 Å². The Hall–Kier alpha value is -1.47. The minimum absolute atomic E-state index is 0. The molecule has 2 fully saturated rings. The Morgan fingerprint density at radius 3 is 2.26 bits per heavy atom. The molecule has 4 nitrogen and oxygen atoms in total. The van der Waals surface area contributed by atoms with E-state index in [4.69, 9.17) is 0 Å². The molecule has 2 aliphatic rings. The van der Waals surface area contributed by atoms with Crippen LogP contribution in [0.15, 0.2) is 24.3 Å². The van der Waals surface area contributed by atoms with Crippen LogP contribution in [0.5, 0.6) is 5.75 Å². The molecule has 0 radical (unpaired) electrons. The van der Waals surface area contributed by atoms with Gasteiger partial charge in [0, 0.05) is 26.2 Å². The summed E-state index contributed by atoms with van der Waals surface area (Å²) in [6.07, 6.45) is -4.49. The van der Waals surface area contributed by atoms with Crippen LogP contribution < -0.4 is 10.1 Å². The Morgan fingerprint density at radius 1 is 1.17 bits per heavy atom. The SMILES string of the molecule is Cl.O=C(Cc1ccc(OC(F)(F)F)cc1)N1C[C@H]2CNC[C@H]2C1. The molecule has 0 aromatic heterocycles. The summed E-state index contributed by atoms with van der Waals surface area (Å²) in [7, 11) is 0. The first-order valence-corrected chi connectivity index (χ1v) is 7.24. The third-order valence-corrected chi connectivity index (χ3v) is 4.25. The Labute approximate surface area is 138 Å². The highest BCUT2D eigenvalue weighted by Crippen LogP contribution is 2.27. The lowest BCUT2D eigenvalue weighted by Gasteiger charge is -2.17. The zero-order valence-corrected chi connectivity index (χ0v) is 13.1. The predicted molar refractivity (Wildman–Crippen MR) is 80.5 cm³/mol. The Morgan fingerprint density at radius 2 is 1.74 bits per heavy atom. The minimum atomic E-state index is -4.70. The second kappa shape index (κ2) is 6.97. The number of ether oxygens (including phenoxy) is 1. The number of rotatable bonds is 3. The van der Waals surface area contributed by atoms with Gasteiger partial charge in [0.2, 0.25) is 5.91 Å². The average molecular weight is 351 g/mol. The van der Waals surface area contributed by atoms with Crippen LogP contribution in [0.25, 0.3) is 0 Å². The fourth-order valence-electron chi connectivity index (χ4n) is 3.15. The fourth-order valence-corrected chi connectivity index (χ4v) is 3.15. The summed E-state index contributed by atoms with van der Waals surface area (Å²) in [5.74, 6) is 0.822. The van der Waals surface area contributed by atoms with Gasteiger partial charge < -0.3 is 15.0 Å². The number of carbonyl (C=O) groups excluding carboxylic acids is 1. The number of hydrogen-bond donors (Lipinski definition) is 1. The lowest BCUT2D eigenvalue weighted by Crippen LogP contribution is -2.32. The maximum atomic E-state index is 12.3. The molecule has 0 saturated carbocycles. The van der Waals surface area contributed by atoms with Crippen LogP contribution >= 0.6 is 12.4 Å². The van der Waals surface area contributed by atoms with E-state index in [1.807, 2.05) is 4.90 Å². The highest BCUT2D eigenvalue weighted by molar-refractivity contribution is 5.85. The van der Waals surface area contributed by atoms with Crippen LogP contribution in [-0.4, -0.2) is 43.3 Å². The van der Waals surface area contributed by atoms with Gasteiger partial charge in [0.1, 0.15) is 5.75 Å². The van der Waals surface area contributed by atoms with Crippen molar-refractivity contribution in [3.8, 4) is 5.75 Å². The number of nitrogens with zero attached hydrogens (tertiary/aromatic N) is 1. The highest BCUT2D eigenvalue weighted by atomic mass is 35.5. The van der Waals surface area contributed by atoms with Crippen molar-refractivity contribution in [1.29, 1.82) is 0 Å². The van der Waals surface area contributed by atoms with Crippen molar-refractivity contribution in [2.24, 2.45) is 11.8 Å². The standard InChI is InChI=1S/C15H17F3N2O2.ClH/c16-15(17,18)22-13-3-1-10(2-4-13)5-14(21)20-8-11-6-19-7-12(11)9-20;/h1-4,11-12,19H,5-9H2;1H/t11-,12+;. The van der Waals surface area contributed by atoms with Crippen LogP contribution in [0.4, 0.5) is 13.2 Å². The fraction of sp³-hybridized carbons (Fsp3) is 0.533. The number of fused-ring (bicyclic) bond motifs is 1. The number of nitrogens with one attached hydrogen (secondary N) is 1. The van der Waals surface area contributed by atoms with Crippen LogP contribution in [0.3, 0.4) is 0 Å². The molecule has 0 aliphatic carbocycles. The number of hydrogen-bond acceptors (Lipinski definition) is 3. The van der Waals surface area contributed by atoms with Crippen molar-refractivity contribution < 1.29 is 22.7 Å². The average Bonchev–Trinajstić information content (AvgIpc) is 3.00. The third-order valence-electron chi connectivity index (χ3n) is 4.25. The van der Waals surface area contributed by atoms with Gasteiger partial charge in [0.25, 0.3) is 0 Å². The summed E-state index contributed by atoms with van der Waals surface area (Å²) in [5, 5.41) is 3.31. The van der Waals surface area contributed by atoms with Crippen LogP contribution in [0, 0.1) is 11.8 Å². The number of alkyl halides is 3. The molecule has 0 spiro atoms. The van der Waals surface area contributed by atoms with Crippen LogP contribution in [0.1, 0.15) is 5.56 Å². The van der Waals surface area contributed by atoms with E-state index >= 15 is 0 Å². The number of halogens is 4. The zero-order valence-electron chi connectivity index (χ0n) is 12.3. The van der Waals surface area contributed by atoms with E-state index < -0.39 is 6.36 Å². The molecule has 1 aromatic carbocycles. The highest BCUT2D eigenvalue weighted by Gasteiger charge is 2.37. The summed E-state index contributed by atoms with van der Waals surface area (Å²) in [6.45, 7) is 3.45. The van der Waals surface area contributed by atoms with Crippen molar-refractivity contribution in [2.45, 2.75) is 12.8 Å². The molecule has 2 atom stereocenters. The van der Waals surface area contributed by atoms with Crippen molar-refractivity contribution in [1.82, 2.24) is 10.2 Å². The first kappa shape index (κ1) is 17.9. The molecule has 1 aromatic rings. The molecule has 128 valence electrons.